The molecule has 2 aromatic heterocycles. The highest BCUT2D eigenvalue weighted by atomic mass is 35.5. The van der Waals surface area contributed by atoms with Crippen LogP contribution in [0.15, 0.2) is 24.4 Å². The molecule has 2 aliphatic heterocycles. The van der Waals surface area contributed by atoms with E-state index < -0.39 is 5.97 Å². The molecule has 2 saturated heterocycles. The normalized spacial score (nSPS) is 23.0. The molecule has 0 radical (unpaired) electrons. The summed E-state index contributed by atoms with van der Waals surface area (Å²) in [4.78, 5) is 25.8. The van der Waals surface area contributed by atoms with Gasteiger partial charge in [0.15, 0.2) is 5.65 Å². The molecule has 0 amide bonds. The number of likely N-dealkylation sites (tertiary alicyclic amines) is 1. The Morgan fingerprint density at radius 3 is 2.74 bits per heavy atom. The molecule has 5 rings (SSSR count). The minimum Gasteiger partial charge on any atom is -0.481 e. The zero-order valence-corrected chi connectivity index (χ0v) is 24.3. The van der Waals surface area contributed by atoms with E-state index in [4.69, 9.17) is 43.4 Å². The molecular weight excluding hydrogens is 547 g/mol. The van der Waals surface area contributed by atoms with Crippen LogP contribution in [0.3, 0.4) is 0 Å². The smallest absolute Gasteiger partial charge is 0.303 e. The monoisotopic (exact) mass is 580 g/mol. The second kappa shape index (κ2) is 11.9. The van der Waals surface area contributed by atoms with E-state index in [1.54, 1.807) is 6.07 Å². The van der Waals surface area contributed by atoms with Crippen LogP contribution in [0.25, 0.3) is 11.2 Å². The van der Waals surface area contributed by atoms with Crippen LogP contribution in [0.5, 0.6) is 0 Å². The van der Waals surface area contributed by atoms with Crippen LogP contribution in [0, 0.1) is 12.8 Å². The predicted molar refractivity (Wildman–Crippen MR) is 154 cm³/mol. The maximum Gasteiger partial charge on any atom is 0.303 e. The van der Waals surface area contributed by atoms with E-state index in [-0.39, 0.29) is 24.9 Å². The van der Waals surface area contributed by atoms with Crippen LogP contribution in [0.4, 0.5) is 5.82 Å². The lowest BCUT2D eigenvalue weighted by molar-refractivity contribution is -0.137. The Balaban J connectivity index is 0.00000336. The third kappa shape index (κ3) is 5.74. The summed E-state index contributed by atoms with van der Waals surface area (Å²) in [7, 11) is 0. The number of halogens is 3. The number of nitrogens with zero attached hydrogens (tertiary/aromatic N) is 6. The fourth-order valence-electron chi connectivity index (χ4n) is 6.16. The standard InChI is InChI=1S/C27H34Cl2N6O2.ClH/c1-16-15-33(12-10-23(16)34-11-4-5-20(34)7-9-25(36)37)24-14-30-26-17(2)32-35(27(26)31-24)18(3)21-8-6-19(28)13-22(21)29;/h6,8,13-14,16,18,20,23H,4-5,7,9-12,15H2,1-3H3,(H,36,37);1H/t16-,18?,20+,23+;/m1./s1. The number of rotatable bonds is 7. The Morgan fingerprint density at radius 2 is 2.03 bits per heavy atom. The summed E-state index contributed by atoms with van der Waals surface area (Å²) in [5.74, 6) is 0.595. The molecule has 0 aliphatic carbocycles. The minimum atomic E-state index is -0.703. The summed E-state index contributed by atoms with van der Waals surface area (Å²) >= 11 is 12.6. The topological polar surface area (TPSA) is 87.4 Å². The first kappa shape index (κ1) is 28.9. The highest BCUT2D eigenvalue weighted by molar-refractivity contribution is 6.35. The minimum absolute atomic E-state index is 0. The molecule has 4 heterocycles. The quantitative estimate of drug-likeness (QED) is 0.365. The van der Waals surface area contributed by atoms with Gasteiger partial charge in [-0.25, -0.2) is 14.6 Å². The number of piperidine rings is 1. The predicted octanol–water partition coefficient (Wildman–Crippen LogP) is 6.02. The van der Waals surface area contributed by atoms with Crippen molar-refractivity contribution in [2.45, 2.75) is 71.0 Å². The van der Waals surface area contributed by atoms with Crippen LogP contribution in [-0.4, -0.2) is 67.4 Å². The van der Waals surface area contributed by atoms with Crippen LogP contribution in [0.2, 0.25) is 10.0 Å². The maximum atomic E-state index is 11.1. The fraction of sp³-hybridized carbons (Fsp3) is 0.556. The van der Waals surface area contributed by atoms with Crippen LogP contribution in [0.1, 0.15) is 63.3 Å². The first-order valence-corrected chi connectivity index (χ1v) is 13.9. The van der Waals surface area contributed by atoms with E-state index in [1.165, 1.54) is 0 Å². The van der Waals surface area contributed by atoms with Crippen molar-refractivity contribution in [3.63, 3.8) is 0 Å². The zero-order chi connectivity index (χ0) is 26.3. The molecule has 8 nitrogen and oxygen atoms in total. The molecular formula is C27H35Cl3N6O2. The third-order valence-electron chi connectivity index (χ3n) is 8.06. The molecule has 11 heteroatoms. The molecule has 0 spiro atoms. The number of carboxylic acid groups (broad SMARTS) is 1. The molecule has 0 saturated carbocycles. The molecule has 206 valence electrons. The van der Waals surface area contributed by atoms with Gasteiger partial charge in [0, 0.05) is 41.6 Å². The number of aromatic nitrogens is 4. The van der Waals surface area contributed by atoms with Crippen molar-refractivity contribution in [2.75, 3.05) is 24.5 Å². The van der Waals surface area contributed by atoms with Gasteiger partial charge in [-0.15, -0.1) is 12.4 Å². The van der Waals surface area contributed by atoms with Gasteiger partial charge in [0.25, 0.3) is 0 Å². The average molecular weight is 582 g/mol. The van der Waals surface area contributed by atoms with Gasteiger partial charge in [-0.2, -0.15) is 5.10 Å². The lowest BCUT2D eigenvalue weighted by Gasteiger charge is -2.43. The molecule has 0 bridgehead atoms. The summed E-state index contributed by atoms with van der Waals surface area (Å²) in [6.07, 6.45) is 6.12. The molecule has 38 heavy (non-hydrogen) atoms. The Labute approximate surface area is 239 Å². The lowest BCUT2D eigenvalue weighted by atomic mass is 9.91. The van der Waals surface area contributed by atoms with Crippen molar-refractivity contribution >= 4 is 58.6 Å². The summed E-state index contributed by atoms with van der Waals surface area (Å²) in [5.41, 5.74) is 3.30. The Morgan fingerprint density at radius 1 is 1.24 bits per heavy atom. The molecule has 2 fully saturated rings. The number of fused-ring (bicyclic) bond motifs is 1. The number of benzene rings is 1. The molecule has 2 aliphatic rings. The van der Waals surface area contributed by atoms with E-state index in [0.717, 1.165) is 73.6 Å². The van der Waals surface area contributed by atoms with E-state index in [9.17, 15) is 4.79 Å². The second-order valence-electron chi connectivity index (χ2n) is 10.5. The van der Waals surface area contributed by atoms with Gasteiger partial charge in [0.2, 0.25) is 0 Å². The van der Waals surface area contributed by atoms with E-state index in [0.29, 0.717) is 28.0 Å². The average Bonchev–Trinajstić information content (AvgIpc) is 3.46. The second-order valence-corrected chi connectivity index (χ2v) is 11.4. The van der Waals surface area contributed by atoms with E-state index in [1.807, 2.05) is 29.9 Å². The summed E-state index contributed by atoms with van der Waals surface area (Å²) in [6, 6.07) is 6.24. The molecule has 1 aromatic carbocycles. The van der Waals surface area contributed by atoms with Gasteiger partial charge in [0.1, 0.15) is 11.3 Å². The number of anilines is 1. The van der Waals surface area contributed by atoms with Crippen LogP contribution < -0.4 is 4.90 Å². The molecule has 4 atom stereocenters. The van der Waals surface area contributed by atoms with Crippen molar-refractivity contribution < 1.29 is 9.90 Å². The van der Waals surface area contributed by atoms with Gasteiger partial charge < -0.3 is 10.0 Å². The van der Waals surface area contributed by atoms with E-state index >= 15 is 0 Å². The van der Waals surface area contributed by atoms with Crippen molar-refractivity contribution in [3.8, 4) is 0 Å². The van der Waals surface area contributed by atoms with Crippen LogP contribution >= 0.6 is 35.6 Å². The summed E-state index contributed by atoms with van der Waals surface area (Å²) in [5, 5.41) is 15.1. The number of hydrogen-bond acceptors (Lipinski definition) is 6. The number of carboxylic acids is 1. The van der Waals surface area contributed by atoms with Gasteiger partial charge >= 0.3 is 5.97 Å². The van der Waals surface area contributed by atoms with Crippen molar-refractivity contribution in [3.05, 3.63) is 45.7 Å². The molecule has 1 unspecified atom stereocenters. The number of hydrogen-bond donors (Lipinski definition) is 1. The molecule has 1 N–H and O–H groups in total. The van der Waals surface area contributed by atoms with Crippen molar-refractivity contribution in [1.82, 2.24) is 24.6 Å². The van der Waals surface area contributed by atoms with Crippen molar-refractivity contribution in [2.24, 2.45) is 5.92 Å². The first-order valence-electron chi connectivity index (χ1n) is 13.1. The number of aliphatic carboxylic acids is 1. The van der Waals surface area contributed by atoms with E-state index in [2.05, 4.69) is 23.6 Å². The van der Waals surface area contributed by atoms with Gasteiger partial charge in [0.05, 0.1) is 17.9 Å². The molecule has 3 aromatic rings. The van der Waals surface area contributed by atoms with Gasteiger partial charge in [-0.05, 0) is 69.7 Å². The highest BCUT2D eigenvalue weighted by Crippen LogP contribution is 2.34. The lowest BCUT2D eigenvalue weighted by Crippen LogP contribution is -2.52. The number of carbonyl (C=O) groups is 1. The Kier molecular flexibility index (Phi) is 9.07. The van der Waals surface area contributed by atoms with Crippen molar-refractivity contribution in [1.29, 1.82) is 0 Å². The fourth-order valence-corrected chi connectivity index (χ4v) is 6.73. The number of aryl methyl sites for hydroxylation is 1. The zero-order valence-electron chi connectivity index (χ0n) is 22.0. The first-order chi connectivity index (χ1) is 17.7. The van der Waals surface area contributed by atoms with Gasteiger partial charge in [-0.1, -0.05) is 36.2 Å². The Bertz CT molecular complexity index is 1300. The Hall–Kier alpha value is -2.13. The maximum absolute atomic E-state index is 11.1. The summed E-state index contributed by atoms with van der Waals surface area (Å²) in [6.45, 7) is 9.15. The third-order valence-corrected chi connectivity index (χ3v) is 8.62. The highest BCUT2D eigenvalue weighted by Gasteiger charge is 2.37. The van der Waals surface area contributed by atoms with Crippen LogP contribution in [-0.2, 0) is 4.79 Å². The van der Waals surface area contributed by atoms with Gasteiger partial charge in [-0.3, -0.25) is 9.69 Å². The SMILES string of the molecule is Cc1nn(C(C)c2ccc(Cl)cc2Cl)c2nc(N3CC[C@H](N4CCC[C@H]4CCC(=O)O)[C@H](C)C3)cnc12.Cl. The largest absolute Gasteiger partial charge is 0.481 e. The summed E-state index contributed by atoms with van der Waals surface area (Å²) < 4.78 is 1.91.